The van der Waals surface area contributed by atoms with Crippen LogP contribution in [0.4, 0.5) is 0 Å². The number of methoxy groups -OCH3 is 3. The second-order valence-electron chi connectivity index (χ2n) is 14.4. The van der Waals surface area contributed by atoms with Gasteiger partial charge in [-0.2, -0.15) is 0 Å². The van der Waals surface area contributed by atoms with Crippen molar-refractivity contribution >= 4 is 14.2 Å². The zero-order chi connectivity index (χ0) is 32.5. The lowest BCUT2D eigenvalue weighted by Crippen LogP contribution is -2.69. The van der Waals surface area contributed by atoms with Gasteiger partial charge in [0.05, 0.1) is 31.0 Å². The monoisotopic (exact) mass is 631 g/mol. The first-order valence-corrected chi connectivity index (χ1v) is 18.2. The Morgan fingerprint density at radius 2 is 1.81 bits per heavy atom. The van der Waals surface area contributed by atoms with E-state index in [2.05, 4.69) is 59.6 Å². The zero-order valence-corrected chi connectivity index (χ0v) is 29.4. The highest BCUT2D eigenvalue weighted by atomic mass is 28.4. The van der Waals surface area contributed by atoms with E-state index in [1.54, 1.807) is 14.2 Å². The molecule has 3 saturated heterocycles. The third-order valence-electron chi connectivity index (χ3n) is 10.3. The fraction of sp³-hybridized carbons (Fsp3) is 0.903. The average Bonchev–Trinajstić information content (AvgIpc) is 2.92. The summed E-state index contributed by atoms with van der Waals surface area (Å²) < 4.78 is 48.6. The van der Waals surface area contributed by atoms with Gasteiger partial charge < -0.3 is 48.0 Å². The molecule has 3 heterocycles. The molecule has 3 rings (SSSR count). The summed E-state index contributed by atoms with van der Waals surface area (Å²) in [6, 6.07) is 0. The van der Waals surface area contributed by atoms with Gasteiger partial charge >= 0.3 is 0 Å². The highest BCUT2D eigenvalue weighted by Crippen LogP contribution is 2.44. The first-order chi connectivity index (χ1) is 19.8. The van der Waals surface area contributed by atoms with E-state index in [9.17, 15) is 9.90 Å². The van der Waals surface area contributed by atoms with Crippen LogP contribution in [0.15, 0.2) is 12.2 Å². The first-order valence-electron chi connectivity index (χ1n) is 15.3. The fourth-order valence-electron chi connectivity index (χ4n) is 5.92. The van der Waals surface area contributed by atoms with Crippen LogP contribution in [0.1, 0.15) is 61.3 Å². The summed E-state index contributed by atoms with van der Waals surface area (Å²) in [4.78, 5) is 13.5. The Hall–Kier alpha value is -0.933. The molecule has 3 aliphatic rings. The van der Waals surface area contributed by atoms with E-state index in [0.29, 0.717) is 13.0 Å². The second kappa shape index (κ2) is 13.8. The maximum absolute atomic E-state index is 13.5. The fourth-order valence-corrected chi connectivity index (χ4v) is 6.96. The lowest BCUT2D eigenvalue weighted by Gasteiger charge is -2.54. The van der Waals surface area contributed by atoms with Gasteiger partial charge in [0, 0.05) is 45.5 Å². The van der Waals surface area contributed by atoms with Crippen LogP contribution in [-0.2, 0) is 42.4 Å². The van der Waals surface area contributed by atoms with Crippen LogP contribution in [0, 0.1) is 11.3 Å². The molecule has 3 fully saturated rings. The third kappa shape index (κ3) is 7.56. The van der Waals surface area contributed by atoms with E-state index in [1.165, 1.54) is 7.11 Å². The van der Waals surface area contributed by atoms with Crippen molar-refractivity contribution in [2.24, 2.45) is 11.3 Å². The molecule has 0 bridgehead atoms. The molecular formula is C31H57NO10Si. The minimum absolute atomic E-state index is 0.0585. The summed E-state index contributed by atoms with van der Waals surface area (Å²) in [5, 5.41) is 14.1. The van der Waals surface area contributed by atoms with Crippen molar-refractivity contribution in [3.8, 4) is 0 Å². The average molecular weight is 632 g/mol. The van der Waals surface area contributed by atoms with Crippen molar-refractivity contribution in [2.75, 3.05) is 34.7 Å². The first kappa shape index (κ1) is 36.5. The Balaban J connectivity index is 1.79. The van der Waals surface area contributed by atoms with E-state index in [-0.39, 0.29) is 48.6 Å². The largest absolute Gasteiger partial charge is 0.414 e. The number of fused-ring (bicyclic) bond motifs is 1. The molecule has 1 amide bonds. The Morgan fingerprint density at radius 1 is 1.16 bits per heavy atom. The summed E-state index contributed by atoms with van der Waals surface area (Å²) in [6.45, 7) is 23.6. The molecule has 0 aromatic rings. The lowest BCUT2D eigenvalue weighted by molar-refractivity contribution is -0.333. The van der Waals surface area contributed by atoms with Crippen molar-refractivity contribution in [3.63, 3.8) is 0 Å². The molecule has 10 atom stereocenters. The smallest absolute Gasteiger partial charge is 0.256 e. The normalized spacial score (nSPS) is 36.5. The molecule has 0 aliphatic carbocycles. The zero-order valence-electron chi connectivity index (χ0n) is 28.4. The predicted molar refractivity (Wildman–Crippen MR) is 164 cm³/mol. The number of ether oxygens (including phenoxy) is 7. The number of amides is 1. The number of hydrogen-bond donors (Lipinski definition) is 2. The molecule has 0 saturated carbocycles. The molecule has 11 nitrogen and oxygen atoms in total. The van der Waals surface area contributed by atoms with Gasteiger partial charge in [-0.3, -0.25) is 4.79 Å². The number of aliphatic hydroxyl groups is 1. The molecule has 3 aliphatic heterocycles. The summed E-state index contributed by atoms with van der Waals surface area (Å²) in [6.07, 6.45) is -4.34. The molecule has 0 aromatic carbocycles. The molecule has 12 heteroatoms. The topological polar surface area (TPSA) is 123 Å². The highest BCUT2D eigenvalue weighted by molar-refractivity contribution is 6.74. The Morgan fingerprint density at radius 3 is 2.35 bits per heavy atom. The maximum atomic E-state index is 13.5. The van der Waals surface area contributed by atoms with Gasteiger partial charge in [-0.05, 0) is 25.1 Å². The van der Waals surface area contributed by atoms with Gasteiger partial charge in [-0.15, -0.1) is 0 Å². The van der Waals surface area contributed by atoms with Crippen LogP contribution in [0.25, 0.3) is 0 Å². The summed E-state index contributed by atoms with van der Waals surface area (Å²) in [5.41, 5.74) is 0.363. The number of nitrogens with one attached hydrogen (secondary N) is 1. The number of carbonyl (C=O) groups excluding carboxylic acids is 1. The number of hydrogen-bond acceptors (Lipinski definition) is 10. The van der Waals surface area contributed by atoms with Gasteiger partial charge in [-0.1, -0.05) is 53.7 Å². The van der Waals surface area contributed by atoms with Crippen LogP contribution in [-0.4, -0.2) is 109 Å². The molecule has 0 aromatic heterocycles. The van der Waals surface area contributed by atoms with Gasteiger partial charge in [0.15, 0.2) is 20.6 Å². The molecule has 43 heavy (non-hydrogen) atoms. The lowest BCUT2D eigenvalue weighted by atomic mass is 9.72. The minimum atomic E-state index is -1.99. The van der Waals surface area contributed by atoms with E-state index < -0.39 is 50.0 Å². The molecule has 0 unspecified atom stereocenters. The van der Waals surface area contributed by atoms with Gasteiger partial charge in [0.2, 0.25) is 5.79 Å². The van der Waals surface area contributed by atoms with Crippen LogP contribution in [0.5, 0.6) is 0 Å². The van der Waals surface area contributed by atoms with Crippen molar-refractivity contribution in [1.29, 1.82) is 0 Å². The number of aliphatic hydroxyl groups excluding tert-OH is 1. The van der Waals surface area contributed by atoms with Crippen molar-refractivity contribution in [1.82, 2.24) is 5.32 Å². The standard InChI is InChI=1S/C31H57NO10Si/c1-18-15-31(37-11,42-20(3)19(18)2)25(33)27(34)32-28-24-23(38-17-39-28)26(36-10)30(7,8)22(41-24)14-21(35-9)16-40-43(12,13)29(4,5)6/h19-26,28,33H,1,14-17H2,2-13H3,(H,32,34)/t19-,20-,21-,22-,23+,24+,25-,26-,28+,31-/m1/s1. The van der Waals surface area contributed by atoms with Crippen molar-refractivity contribution < 1.29 is 47.5 Å². The quantitative estimate of drug-likeness (QED) is 0.258. The Labute approximate surface area is 259 Å². The van der Waals surface area contributed by atoms with Gasteiger partial charge in [-0.25, -0.2) is 0 Å². The van der Waals surface area contributed by atoms with Crippen LogP contribution in [0.2, 0.25) is 18.1 Å². The SMILES string of the molecule is C=C1C[C@](OC)([C@H](O)C(=O)N[C@H]2OCO[C@H]3[C@@H]2O[C@H](C[C@H](CO[Si](C)(C)C(C)(C)C)OC)C(C)(C)[C@@H]3OC)O[C@H](C)[C@@H]1C. The van der Waals surface area contributed by atoms with Gasteiger partial charge in [0.1, 0.15) is 19.0 Å². The second-order valence-corrected chi connectivity index (χ2v) is 19.3. The maximum Gasteiger partial charge on any atom is 0.256 e. The number of carbonyl (C=O) groups is 1. The van der Waals surface area contributed by atoms with E-state index in [4.69, 9.17) is 37.6 Å². The van der Waals surface area contributed by atoms with Crippen molar-refractivity contribution in [2.45, 2.75) is 134 Å². The van der Waals surface area contributed by atoms with E-state index in [0.717, 1.165) is 5.57 Å². The highest BCUT2D eigenvalue weighted by Gasteiger charge is 2.57. The molecule has 0 radical (unpaired) electrons. The van der Waals surface area contributed by atoms with Crippen molar-refractivity contribution in [3.05, 3.63) is 12.2 Å². The minimum Gasteiger partial charge on any atom is -0.414 e. The van der Waals surface area contributed by atoms with Gasteiger partial charge in [0.25, 0.3) is 5.91 Å². The van der Waals surface area contributed by atoms with Crippen LogP contribution >= 0.6 is 0 Å². The molecule has 2 N–H and O–H groups in total. The summed E-state index contributed by atoms with van der Waals surface area (Å²) >= 11 is 0. The molecule has 250 valence electrons. The van der Waals surface area contributed by atoms with Crippen LogP contribution < -0.4 is 5.32 Å². The summed E-state index contributed by atoms with van der Waals surface area (Å²) in [5.74, 6) is -2.22. The Kier molecular flexibility index (Phi) is 11.7. The van der Waals surface area contributed by atoms with E-state index >= 15 is 0 Å². The Bertz CT molecular complexity index is 971. The number of rotatable bonds is 11. The molecular weight excluding hydrogens is 574 g/mol. The third-order valence-corrected chi connectivity index (χ3v) is 14.8. The molecule has 0 spiro atoms. The van der Waals surface area contributed by atoms with Crippen LogP contribution in [0.3, 0.4) is 0 Å². The van der Waals surface area contributed by atoms with E-state index in [1.807, 2.05) is 13.8 Å². The predicted octanol–water partition coefficient (Wildman–Crippen LogP) is 3.74. The summed E-state index contributed by atoms with van der Waals surface area (Å²) in [7, 11) is 2.74.